The zero-order chi connectivity index (χ0) is 17.7. The fourth-order valence-corrected chi connectivity index (χ4v) is 5.22. The van der Waals surface area contributed by atoms with Gasteiger partial charge in [0.15, 0.2) is 15.2 Å². The number of carbonyl (C=O) groups is 3. The molecule has 10 nitrogen and oxygen atoms in total. The third-order valence-corrected chi connectivity index (χ3v) is 7.20. The molecule has 0 aromatic heterocycles. The van der Waals surface area contributed by atoms with Gasteiger partial charge in [0.05, 0.1) is 11.4 Å². The molecule has 0 aliphatic carbocycles. The number of aliphatic hydroxyl groups is 1. The van der Waals surface area contributed by atoms with E-state index in [4.69, 9.17) is 15.6 Å². The summed E-state index contributed by atoms with van der Waals surface area (Å²) in [6.45, 7) is 1.31. The van der Waals surface area contributed by atoms with E-state index in [9.17, 15) is 27.9 Å². The molecule has 4 atom stereocenters. The third-order valence-electron chi connectivity index (χ3n) is 4.32. The van der Waals surface area contributed by atoms with Gasteiger partial charge in [-0.05, 0) is 13.8 Å². The fourth-order valence-electron chi connectivity index (χ4n) is 2.92. The summed E-state index contributed by atoms with van der Waals surface area (Å²) in [5.41, 5.74) is 5.25. The minimum atomic E-state index is -3.96. The molecule has 2 saturated heterocycles. The van der Waals surface area contributed by atoms with Gasteiger partial charge in [-0.1, -0.05) is 0 Å². The Hall–Kier alpha value is -1.72. The number of aliphatic hydroxyl groups excluding tert-OH is 1. The summed E-state index contributed by atoms with van der Waals surface area (Å²) >= 11 is 0. The molecular formula is C12H18N2O8S. The van der Waals surface area contributed by atoms with E-state index in [1.54, 1.807) is 0 Å². The number of carboxylic acid groups (broad SMARTS) is 1. The summed E-state index contributed by atoms with van der Waals surface area (Å²) in [5, 5.41) is 16.6. The lowest BCUT2D eigenvalue weighted by Gasteiger charge is -2.42. The Labute approximate surface area is 132 Å². The number of fused-ring (bicyclic) bond motifs is 1. The van der Waals surface area contributed by atoms with Crippen molar-refractivity contribution in [3.8, 4) is 0 Å². The molecule has 11 heteroatoms. The quantitative estimate of drug-likeness (QED) is 0.353. The molecule has 0 aromatic rings. The number of ether oxygens (including phenoxy) is 1. The van der Waals surface area contributed by atoms with Crippen molar-refractivity contribution < 1.29 is 37.8 Å². The van der Waals surface area contributed by atoms with Gasteiger partial charge in [-0.3, -0.25) is 9.59 Å². The largest absolute Gasteiger partial charge is 0.480 e. The van der Waals surface area contributed by atoms with Gasteiger partial charge in [-0.2, -0.15) is 0 Å². The van der Waals surface area contributed by atoms with Gasteiger partial charge in [-0.15, -0.1) is 0 Å². The summed E-state index contributed by atoms with van der Waals surface area (Å²) in [6.07, 6.45) is 0. The van der Waals surface area contributed by atoms with Gasteiger partial charge < -0.3 is 25.6 Å². The van der Waals surface area contributed by atoms with Crippen LogP contribution in [0.2, 0.25) is 0 Å². The summed E-state index contributed by atoms with van der Waals surface area (Å²) in [6, 6.07) is -2.78. The standard InChI is InChI=1S/C12H18N2O8S/c1-12(2)7(10(17)18)14-8(16)5(9(14)23(12,20)21)4-22-11(19)6(13)3-15/h5-7,9,15H,3-4,13H2,1-2H3,(H,17,18)/t5-,6-,7-,9+/m0/s1. The molecule has 4 N–H and O–H groups in total. The van der Waals surface area contributed by atoms with Crippen molar-refractivity contribution in [2.24, 2.45) is 11.7 Å². The van der Waals surface area contributed by atoms with E-state index in [-0.39, 0.29) is 0 Å². The summed E-state index contributed by atoms with van der Waals surface area (Å²) in [7, 11) is -3.96. The van der Waals surface area contributed by atoms with Crippen LogP contribution in [0.15, 0.2) is 0 Å². The molecule has 2 aliphatic rings. The number of sulfone groups is 1. The topological polar surface area (TPSA) is 164 Å². The lowest BCUT2D eigenvalue weighted by atomic mass is 9.92. The molecule has 0 spiro atoms. The number of β-lactam (4-membered cyclic amide) rings is 1. The van der Waals surface area contributed by atoms with Gasteiger partial charge in [0.2, 0.25) is 5.91 Å². The molecule has 2 fully saturated rings. The number of rotatable bonds is 5. The van der Waals surface area contributed by atoms with E-state index < -0.39 is 69.0 Å². The lowest BCUT2D eigenvalue weighted by Crippen LogP contribution is -2.64. The van der Waals surface area contributed by atoms with Gasteiger partial charge in [0, 0.05) is 0 Å². The van der Waals surface area contributed by atoms with E-state index in [1.165, 1.54) is 13.8 Å². The van der Waals surface area contributed by atoms with Crippen LogP contribution in [0, 0.1) is 5.92 Å². The van der Waals surface area contributed by atoms with Crippen LogP contribution in [-0.4, -0.2) is 76.8 Å². The average Bonchev–Trinajstić information content (AvgIpc) is 2.60. The third kappa shape index (κ3) is 2.30. The highest BCUT2D eigenvalue weighted by Crippen LogP contribution is 2.48. The zero-order valence-corrected chi connectivity index (χ0v) is 13.3. The van der Waals surface area contributed by atoms with Crippen molar-refractivity contribution >= 4 is 27.7 Å². The Morgan fingerprint density at radius 2 is 2.00 bits per heavy atom. The number of esters is 1. The van der Waals surface area contributed by atoms with Crippen LogP contribution >= 0.6 is 0 Å². The fraction of sp³-hybridized carbons (Fsp3) is 0.750. The second kappa shape index (κ2) is 5.42. The highest BCUT2D eigenvalue weighted by molar-refractivity contribution is 7.93. The molecular weight excluding hydrogens is 332 g/mol. The van der Waals surface area contributed by atoms with E-state index >= 15 is 0 Å². The Morgan fingerprint density at radius 3 is 2.48 bits per heavy atom. The monoisotopic (exact) mass is 350 g/mol. The normalized spacial score (nSPS) is 31.9. The molecule has 1 amide bonds. The maximum Gasteiger partial charge on any atom is 0.328 e. The van der Waals surface area contributed by atoms with Gasteiger partial charge in [-0.25, -0.2) is 13.2 Å². The molecule has 2 heterocycles. The molecule has 2 aliphatic heterocycles. The molecule has 0 unspecified atom stereocenters. The molecule has 0 aromatic carbocycles. The molecule has 0 radical (unpaired) electrons. The Kier molecular flexibility index (Phi) is 4.16. The van der Waals surface area contributed by atoms with Crippen LogP contribution < -0.4 is 5.73 Å². The first kappa shape index (κ1) is 17.6. The molecule has 0 saturated carbocycles. The van der Waals surface area contributed by atoms with Crippen LogP contribution in [-0.2, 0) is 29.0 Å². The van der Waals surface area contributed by atoms with E-state index in [0.29, 0.717) is 0 Å². The van der Waals surface area contributed by atoms with Crippen molar-refractivity contribution in [3.63, 3.8) is 0 Å². The van der Waals surface area contributed by atoms with Crippen molar-refractivity contribution in [2.45, 2.75) is 36.1 Å². The van der Waals surface area contributed by atoms with E-state index in [0.717, 1.165) is 4.90 Å². The molecule has 23 heavy (non-hydrogen) atoms. The summed E-state index contributed by atoms with van der Waals surface area (Å²) < 4.78 is 28.1. The number of aliphatic carboxylic acids is 1. The average molecular weight is 350 g/mol. The van der Waals surface area contributed by atoms with Crippen LogP contribution in [0.5, 0.6) is 0 Å². The Morgan fingerprint density at radius 1 is 1.43 bits per heavy atom. The minimum Gasteiger partial charge on any atom is -0.480 e. The van der Waals surface area contributed by atoms with Gasteiger partial charge in [0.25, 0.3) is 0 Å². The second-order valence-corrected chi connectivity index (χ2v) is 8.68. The smallest absolute Gasteiger partial charge is 0.328 e. The zero-order valence-electron chi connectivity index (χ0n) is 12.5. The Bertz CT molecular complexity index is 658. The van der Waals surface area contributed by atoms with Crippen molar-refractivity contribution in [1.29, 1.82) is 0 Å². The first-order valence-corrected chi connectivity index (χ1v) is 8.34. The van der Waals surface area contributed by atoms with E-state index in [2.05, 4.69) is 0 Å². The van der Waals surface area contributed by atoms with Crippen LogP contribution in [0.1, 0.15) is 13.8 Å². The number of hydrogen-bond donors (Lipinski definition) is 3. The predicted octanol–water partition coefficient (Wildman–Crippen LogP) is -2.71. The Balaban J connectivity index is 2.22. The highest BCUT2D eigenvalue weighted by Gasteiger charge is 2.72. The summed E-state index contributed by atoms with van der Waals surface area (Å²) in [5.74, 6) is -4.25. The summed E-state index contributed by atoms with van der Waals surface area (Å²) in [4.78, 5) is 35.7. The number of nitrogens with two attached hydrogens (primary N) is 1. The molecule has 2 rings (SSSR count). The maximum absolute atomic E-state index is 12.5. The maximum atomic E-state index is 12.5. The number of carbonyl (C=O) groups excluding carboxylic acids is 2. The first-order valence-electron chi connectivity index (χ1n) is 6.80. The first-order chi connectivity index (χ1) is 10.5. The van der Waals surface area contributed by atoms with Crippen LogP contribution in [0.25, 0.3) is 0 Å². The number of carboxylic acids is 1. The van der Waals surface area contributed by atoms with Crippen molar-refractivity contribution in [3.05, 3.63) is 0 Å². The number of amides is 1. The molecule has 130 valence electrons. The number of nitrogens with zero attached hydrogens (tertiary/aromatic N) is 1. The number of hydrogen-bond acceptors (Lipinski definition) is 8. The minimum absolute atomic E-state index is 0.534. The SMILES string of the molecule is CC1(C)[C@H](C(=O)O)N2C(=O)[C@H](COC(=O)[C@@H](N)CO)[C@H]2S1(=O)=O. The van der Waals surface area contributed by atoms with Crippen LogP contribution in [0.3, 0.4) is 0 Å². The van der Waals surface area contributed by atoms with Crippen molar-refractivity contribution in [2.75, 3.05) is 13.2 Å². The van der Waals surface area contributed by atoms with Crippen LogP contribution in [0.4, 0.5) is 0 Å². The van der Waals surface area contributed by atoms with Gasteiger partial charge >= 0.3 is 11.9 Å². The van der Waals surface area contributed by atoms with Gasteiger partial charge in [0.1, 0.15) is 24.6 Å². The molecule has 0 bridgehead atoms. The van der Waals surface area contributed by atoms with Crippen molar-refractivity contribution in [1.82, 2.24) is 4.90 Å². The highest BCUT2D eigenvalue weighted by atomic mass is 32.2. The lowest BCUT2D eigenvalue weighted by molar-refractivity contribution is -0.169. The predicted molar refractivity (Wildman–Crippen MR) is 74.6 cm³/mol. The second-order valence-electron chi connectivity index (χ2n) is 6.05. The van der Waals surface area contributed by atoms with E-state index in [1.807, 2.05) is 0 Å².